The predicted molar refractivity (Wildman–Crippen MR) is 81.6 cm³/mol. The van der Waals surface area contributed by atoms with Crippen molar-refractivity contribution in [2.24, 2.45) is 5.92 Å². The Morgan fingerprint density at radius 3 is 2.89 bits per heavy atom. The van der Waals surface area contributed by atoms with E-state index in [4.69, 9.17) is 11.6 Å². The van der Waals surface area contributed by atoms with Gasteiger partial charge in [0.25, 0.3) is 0 Å². The number of rotatable bonds is 7. The molecule has 1 aromatic heterocycles. The van der Waals surface area contributed by atoms with Crippen molar-refractivity contribution in [1.82, 2.24) is 15.1 Å². The molecule has 0 aliphatic carbocycles. The average Bonchev–Trinajstić information content (AvgIpc) is 2.78. The maximum Gasteiger partial charge on any atom is 0.0841 e. The minimum absolute atomic E-state index is 0.608. The fourth-order valence-corrected chi connectivity index (χ4v) is 2.67. The van der Waals surface area contributed by atoms with Gasteiger partial charge in [0.2, 0.25) is 0 Å². The van der Waals surface area contributed by atoms with Gasteiger partial charge in [-0.05, 0) is 31.9 Å². The molecule has 0 aliphatic heterocycles. The van der Waals surface area contributed by atoms with Crippen LogP contribution in [0.25, 0.3) is 10.9 Å². The van der Waals surface area contributed by atoms with Crippen molar-refractivity contribution in [2.45, 2.75) is 33.4 Å². The molecule has 0 spiro atoms. The smallest absolute Gasteiger partial charge is 0.0841 e. The van der Waals surface area contributed by atoms with Crippen molar-refractivity contribution in [1.29, 1.82) is 0 Å². The quantitative estimate of drug-likeness (QED) is 0.787. The topological polar surface area (TPSA) is 29.9 Å². The van der Waals surface area contributed by atoms with Crippen LogP contribution in [0.1, 0.15) is 26.0 Å². The van der Waals surface area contributed by atoms with Crippen LogP contribution in [0.4, 0.5) is 0 Å². The summed E-state index contributed by atoms with van der Waals surface area (Å²) < 4.78 is 2.06. The first kappa shape index (κ1) is 14.4. The molecule has 1 aromatic carbocycles. The second-order valence-corrected chi connectivity index (χ2v) is 5.37. The van der Waals surface area contributed by atoms with Gasteiger partial charge in [0.1, 0.15) is 0 Å². The number of benzene rings is 1. The summed E-state index contributed by atoms with van der Waals surface area (Å²) in [5, 5.41) is 9.41. The van der Waals surface area contributed by atoms with Gasteiger partial charge in [-0.3, -0.25) is 4.68 Å². The second kappa shape index (κ2) is 6.92. The lowest BCUT2D eigenvalue weighted by molar-refractivity contribution is 0.497. The maximum absolute atomic E-state index is 5.75. The van der Waals surface area contributed by atoms with Gasteiger partial charge in [0, 0.05) is 24.4 Å². The van der Waals surface area contributed by atoms with E-state index >= 15 is 0 Å². The largest absolute Gasteiger partial charge is 0.311 e. The molecule has 0 saturated heterocycles. The fourth-order valence-electron chi connectivity index (χ4n) is 2.29. The Morgan fingerprint density at radius 2 is 2.16 bits per heavy atom. The zero-order valence-electron chi connectivity index (χ0n) is 11.7. The minimum Gasteiger partial charge on any atom is -0.311 e. The predicted octanol–water partition coefficient (Wildman–Crippen LogP) is 3.41. The van der Waals surface area contributed by atoms with Crippen molar-refractivity contribution in [3.8, 4) is 0 Å². The lowest BCUT2D eigenvalue weighted by atomic mass is 10.1. The van der Waals surface area contributed by atoms with E-state index in [0.29, 0.717) is 5.92 Å². The van der Waals surface area contributed by atoms with E-state index in [0.717, 1.165) is 37.6 Å². The van der Waals surface area contributed by atoms with Gasteiger partial charge in [-0.25, -0.2) is 0 Å². The summed E-state index contributed by atoms with van der Waals surface area (Å²) in [6, 6.07) is 8.42. The third kappa shape index (κ3) is 3.48. The van der Waals surface area contributed by atoms with E-state index in [2.05, 4.69) is 53.2 Å². The molecule has 1 N–H and O–H groups in total. The molecule has 19 heavy (non-hydrogen) atoms. The Kier molecular flexibility index (Phi) is 5.23. The molecule has 0 bridgehead atoms. The first-order valence-corrected chi connectivity index (χ1v) is 7.50. The molecule has 0 aliphatic rings. The molecule has 4 heteroatoms. The molecule has 104 valence electrons. The lowest BCUT2D eigenvalue weighted by Crippen LogP contribution is -2.21. The number of halogens is 1. The molecule has 2 aromatic rings. The highest BCUT2D eigenvalue weighted by atomic mass is 35.5. The number of hydrogen-bond acceptors (Lipinski definition) is 2. The van der Waals surface area contributed by atoms with Gasteiger partial charge in [-0.1, -0.05) is 25.1 Å². The Balaban J connectivity index is 2.04. The summed E-state index contributed by atoms with van der Waals surface area (Å²) in [5.74, 6) is 1.34. The Hall–Kier alpha value is -1.06. The van der Waals surface area contributed by atoms with Crippen LogP contribution in [0.3, 0.4) is 0 Å². The fraction of sp³-hybridized carbons (Fsp3) is 0.533. The average molecular weight is 280 g/mol. The number of para-hydroxylation sites is 1. The van der Waals surface area contributed by atoms with Crippen LogP contribution in [0.15, 0.2) is 24.3 Å². The van der Waals surface area contributed by atoms with E-state index in [1.54, 1.807) is 0 Å². The van der Waals surface area contributed by atoms with E-state index in [1.165, 1.54) is 10.9 Å². The zero-order valence-corrected chi connectivity index (χ0v) is 12.5. The van der Waals surface area contributed by atoms with Crippen LogP contribution in [0.5, 0.6) is 0 Å². The van der Waals surface area contributed by atoms with Gasteiger partial charge in [0.05, 0.1) is 11.2 Å². The van der Waals surface area contributed by atoms with Crippen molar-refractivity contribution >= 4 is 22.5 Å². The van der Waals surface area contributed by atoms with Crippen LogP contribution in [0.2, 0.25) is 0 Å². The molecule has 0 amide bonds. The van der Waals surface area contributed by atoms with Crippen molar-refractivity contribution in [2.75, 3.05) is 12.4 Å². The number of aromatic nitrogens is 2. The zero-order chi connectivity index (χ0) is 13.7. The number of fused-ring (bicyclic) bond motifs is 1. The first-order chi connectivity index (χ1) is 9.26. The molecule has 3 nitrogen and oxygen atoms in total. The van der Waals surface area contributed by atoms with Gasteiger partial charge in [0.15, 0.2) is 0 Å². The summed E-state index contributed by atoms with van der Waals surface area (Å²) in [7, 11) is 0. The molecule has 0 radical (unpaired) electrons. The van der Waals surface area contributed by atoms with Gasteiger partial charge >= 0.3 is 0 Å². The highest BCUT2D eigenvalue weighted by Gasteiger charge is 2.09. The number of alkyl halides is 1. The number of nitrogens with one attached hydrogen (secondary N) is 1. The molecule has 1 unspecified atom stereocenters. The third-order valence-corrected chi connectivity index (χ3v) is 3.64. The lowest BCUT2D eigenvalue weighted by Gasteiger charge is -2.09. The van der Waals surface area contributed by atoms with E-state index in [9.17, 15) is 0 Å². The van der Waals surface area contributed by atoms with Gasteiger partial charge in [-0.2, -0.15) is 5.10 Å². The summed E-state index contributed by atoms with van der Waals surface area (Å²) in [5.41, 5.74) is 2.35. The summed E-state index contributed by atoms with van der Waals surface area (Å²) in [6.45, 7) is 7.06. The number of aryl methyl sites for hydroxylation is 1. The van der Waals surface area contributed by atoms with E-state index in [1.807, 2.05) is 0 Å². The van der Waals surface area contributed by atoms with Crippen molar-refractivity contribution in [3.05, 3.63) is 30.0 Å². The van der Waals surface area contributed by atoms with Gasteiger partial charge in [-0.15, -0.1) is 11.6 Å². The number of hydrogen-bond donors (Lipinski definition) is 1. The second-order valence-electron chi connectivity index (χ2n) is 4.99. The Morgan fingerprint density at radius 1 is 1.37 bits per heavy atom. The van der Waals surface area contributed by atoms with Crippen LogP contribution in [-0.2, 0) is 13.1 Å². The normalized spacial score (nSPS) is 13.0. The molecule has 2 rings (SSSR count). The van der Waals surface area contributed by atoms with Crippen LogP contribution in [-0.4, -0.2) is 22.2 Å². The van der Waals surface area contributed by atoms with E-state index < -0.39 is 0 Å². The molecular weight excluding hydrogens is 258 g/mol. The van der Waals surface area contributed by atoms with Crippen LogP contribution >= 0.6 is 11.6 Å². The monoisotopic (exact) mass is 279 g/mol. The summed E-state index contributed by atoms with van der Waals surface area (Å²) >= 11 is 5.75. The maximum atomic E-state index is 5.75. The van der Waals surface area contributed by atoms with Gasteiger partial charge < -0.3 is 5.32 Å². The standard InChI is InChI=1S/C15H22ClN3/c1-3-19-15-7-5-4-6-13(15)14(18-19)11-17-10-12(2)8-9-16/h4-7,12,17H,3,8-11H2,1-2H3. The molecule has 1 heterocycles. The SMILES string of the molecule is CCn1nc(CNCC(C)CCCl)c2ccccc21. The van der Waals surface area contributed by atoms with Crippen LogP contribution in [0, 0.1) is 5.92 Å². The Labute approximate surface area is 119 Å². The number of nitrogens with zero attached hydrogens (tertiary/aromatic N) is 2. The highest BCUT2D eigenvalue weighted by Crippen LogP contribution is 2.18. The van der Waals surface area contributed by atoms with Crippen LogP contribution < -0.4 is 5.32 Å². The van der Waals surface area contributed by atoms with Crippen molar-refractivity contribution in [3.63, 3.8) is 0 Å². The summed E-state index contributed by atoms with van der Waals surface area (Å²) in [6.07, 6.45) is 1.05. The summed E-state index contributed by atoms with van der Waals surface area (Å²) in [4.78, 5) is 0. The van der Waals surface area contributed by atoms with Crippen molar-refractivity contribution < 1.29 is 0 Å². The molecule has 1 atom stereocenters. The highest BCUT2D eigenvalue weighted by molar-refractivity contribution is 6.17. The Bertz CT molecular complexity index is 521. The first-order valence-electron chi connectivity index (χ1n) is 6.97. The van der Waals surface area contributed by atoms with E-state index in [-0.39, 0.29) is 0 Å². The minimum atomic E-state index is 0.608. The molecule has 0 fully saturated rings. The molecular formula is C15H22ClN3. The molecule has 0 saturated carbocycles. The third-order valence-electron chi connectivity index (χ3n) is 3.42.